The molecule has 0 saturated heterocycles. The number of hydrogen-bond donors (Lipinski definition) is 2. The highest BCUT2D eigenvalue weighted by molar-refractivity contribution is 7.94. The zero-order valence-electron chi connectivity index (χ0n) is 9.95. The Hall–Kier alpha value is -1.86. The highest BCUT2D eigenvalue weighted by atomic mass is 32.2. The number of benzene rings is 1. The minimum Gasteiger partial charge on any atom is -0.478 e. The van der Waals surface area contributed by atoms with Crippen LogP contribution in [0.5, 0.6) is 0 Å². The summed E-state index contributed by atoms with van der Waals surface area (Å²) in [4.78, 5) is 10.7. The minimum atomic E-state index is -3.74. The van der Waals surface area contributed by atoms with Gasteiger partial charge in [-0.3, -0.25) is 4.72 Å². The molecule has 0 bridgehead atoms. The second-order valence-electron chi connectivity index (χ2n) is 3.93. The molecular formula is C12H11NO4S2. The van der Waals surface area contributed by atoms with E-state index in [-0.39, 0.29) is 9.77 Å². The van der Waals surface area contributed by atoms with Crippen molar-refractivity contribution in [1.82, 2.24) is 0 Å². The fourth-order valence-corrected chi connectivity index (χ4v) is 3.69. The molecule has 2 aromatic rings. The standard InChI is InChI=1S/C12H11NO4S2/c1-8-3-2-4-10(5-8)13-19(16,17)11-6-9(7-18-11)12(14)15/h2-7,13H,1H3,(H,14,15). The summed E-state index contributed by atoms with van der Waals surface area (Å²) in [5, 5.41) is 10.1. The first-order valence-corrected chi connectivity index (χ1v) is 7.66. The van der Waals surface area contributed by atoms with Gasteiger partial charge in [-0.05, 0) is 30.7 Å². The number of carbonyl (C=O) groups is 1. The number of aromatic carboxylic acids is 1. The summed E-state index contributed by atoms with van der Waals surface area (Å²) in [6.07, 6.45) is 0. The topological polar surface area (TPSA) is 83.5 Å². The van der Waals surface area contributed by atoms with E-state index in [0.717, 1.165) is 23.0 Å². The number of aryl methyl sites for hydroxylation is 1. The zero-order valence-corrected chi connectivity index (χ0v) is 11.6. The molecule has 1 heterocycles. The lowest BCUT2D eigenvalue weighted by Crippen LogP contribution is -2.11. The smallest absolute Gasteiger partial charge is 0.336 e. The first-order chi connectivity index (χ1) is 8.88. The van der Waals surface area contributed by atoms with Crippen LogP contribution in [0.25, 0.3) is 0 Å². The van der Waals surface area contributed by atoms with Crippen LogP contribution in [0.4, 0.5) is 5.69 Å². The van der Waals surface area contributed by atoms with E-state index in [1.54, 1.807) is 18.2 Å². The van der Waals surface area contributed by atoms with Crippen molar-refractivity contribution in [3.63, 3.8) is 0 Å². The molecule has 0 fully saturated rings. The number of carboxylic acids is 1. The van der Waals surface area contributed by atoms with E-state index in [1.807, 2.05) is 13.0 Å². The maximum absolute atomic E-state index is 12.1. The molecule has 0 atom stereocenters. The quantitative estimate of drug-likeness (QED) is 0.908. The Kier molecular flexibility index (Phi) is 3.59. The zero-order chi connectivity index (χ0) is 14.0. The molecule has 0 aliphatic heterocycles. The van der Waals surface area contributed by atoms with E-state index < -0.39 is 16.0 Å². The number of thiophene rings is 1. The van der Waals surface area contributed by atoms with Crippen molar-refractivity contribution in [3.8, 4) is 0 Å². The van der Waals surface area contributed by atoms with Gasteiger partial charge in [0.15, 0.2) is 0 Å². The van der Waals surface area contributed by atoms with Gasteiger partial charge in [0.1, 0.15) is 4.21 Å². The van der Waals surface area contributed by atoms with Gasteiger partial charge in [0.05, 0.1) is 5.56 Å². The van der Waals surface area contributed by atoms with Gasteiger partial charge in [0.25, 0.3) is 10.0 Å². The van der Waals surface area contributed by atoms with Crippen molar-refractivity contribution < 1.29 is 18.3 Å². The largest absolute Gasteiger partial charge is 0.478 e. The van der Waals surface area contributed by atoms with Crippen molar-refractivity contribution in [2.75, 3.05) is 4.72 Å². The summed E-state index contributed by atoms with van der Waals surface area (Å²) >= 11 is 0.877. The molecule has 0 radical (unpaired) electrons. The van der Waals surface area contributed by atoms with Crippen LogP contribution in [0.2, 0.25) is 0 Å². The third-order valence-electron chi connectivity index (χ3n) is 2.36. The Labute approximate surface area is 114 Å². The number of rotatable bonds is 4. The van der Waals surface area contributed by atoms with Crippen LogP contribution in [0, 0.1) is 6.92 Å². The van der Waals surface area contributed by atoms with Gasteiger partial charge in [-0.25, -0.2) is 13.2 Å². The van der Waals surface area contributed by atoms with Crippen LogP contribution < -0.4 is 4.72 Å². The van der Waals surface area contributed by atoms with Gasteiger partial charge in [0, 0.05) is 11.1 Å². The minimum absolute atomic E-state index is 0.0218. The fourth-order valence-electron chi connectivity index (χ4n) is 1.48. The van der Waals surface area contributed by atoms with Crippen LogP contribution in [-0.4, -0.2) is 19.5 Å². The summed E-state index contributed by atoms with van der Waals surface area (Å²) in [5.74, 6) is -1.15. The summed E-state index contributed by atoms with van der Waals surface area (Å²) in [6.45, 7) is 1.85. The maximum Gasteiger partial charge on any atom is 0.336 e. The summed E-state index contributed by atoms with van der Waals surface area (Å²) in [6, 6.07) is 8.07. The van der Waals surface area contributed by atoms with E-state index in [9.17, 15) is 13.2 Å². The maximum atomic E-state index is 12.1. The molecule has 1 aromatic heterocycles. The van der Waals surface area contributed by atoms with Crippen LogP contribution in [0.1, 0.15) is 15.9 Å². The third-order valence-corrected chi connectivity index (χ3v) is 5.18. The number of nitrogens with one attached hydrogen (secondary N) is 1. The first kappa shape index (κ1) is 13.6. The van der Waals surface area contributed by atoms with Crippen LogP contribution in [0.3, 0.4) is 0 Å². The highest BCUT2D eigenvalue weighted by Crippen LogP contribution is 2.23. The third kappa shape index (κ3) is 3.12. The summed E-state index contributed by atoms with van der Waals surface area (Å²) < 4.78 is 26.5. The fraction of sp³-hybridized carbons (Fsp3) is 0.0833. The number of anilines is 1. The van der Waals surface area contributed by atoms with Crippen LogP contribution >= 0.6 is 11.3 Å². The first-order valence-electron chi connectivity index (χ1n) is 5.30. The summed E-state index contributed by atoms with van der Waals surface area (Å²) in [7, 11) is -3.74. The average molecular weight is 297 g/mol. The second kappa shape index (κ2) is 5.02. The molecule has 0 aliphatic rings. The lowest BCUT2D eigenvalue weighted by Gasteiger charge is -2.06. The molecule has 100 valence electrons. The highest BCUT2D eigenvalue weighted by Gasteiger charge is 2.18. The van der Waals surface area contributed by atoms with Crippen molar-refractivity contribution in [2.24, 2.45) is 0 Å². The monoisotopic (exact) mass is 297 g/mol. The SMILES string of the molecule is Cc1cccc(NS(=O)(=O)c2cc(C(=O)O)cs2)c1. The Balaban J connectivity index is 2.29. The predicted molar refractivity (Wildman–Crippen MR) is 73.3 cm³/mol. The van der Waals surface area contributed by atoms with Gasteiger partial charge in [-0.15, -0.1) is 11.3 Å². The van der Waals surface area contributed by atoms with E-state index in [0.29, 0.717) is 5.69 Å². The lowest BCUT2D eigenvalue weighted by molar-refractivity contribution is 0.0697. The number of hydrogen-bond acceptors (Lipinski definition) is 4. The molecule has 7 heteroatoms. The normalized spacial score (nSPS) is 11.2. The molecule has 0 saturated carbocycles. The number of sulfonamides is 1. The van der Waals surface area contributed by atoms with Gasteiger partial charge >= 0.3 is 5.97 Å². The molecule has 0 aliphatic carbocycles. The molecule has 0 amide bonds. The van der Waals surface area contributed by atoms with Crippen LogP contribution in [-0.2, 0) is 10.0 Å². The molecular weight excluding hydrogens is 286 g/mol. The number of carboxylic acid groups (broad SMARTS) is 1. The molecule has 19 heavy (non-hydrogen) atoms. The predicted octanol–water partition coefficient (Wildman–Crippen LogP) is 2.56. The second-order valence-corrected chi connectivity index (χ2v) is 6.76. The van der Waals surface area contributed by atoms with E-state index in [2.05, 4.69) is 4.72 Å². The Bertz CT molecular complexity index is 719. The summed E-state index contributed by atoms with van der Waals surface area (Å²) in [5.41, 5.74) is 1.34. The molecule has 0 spiro atoms. The van der Waals surface area contributed by atoms with E-state index in [4.69, 9.17) is 5.11 Å². The lowest BCUT2D eigenvalue weighted by atomic mass is 10.2. The van der Waals surface area contributed by atoms with Crippen LogP contribution in [0.15, 0.2) is 39.9 Å². The Morgan fingerprint density at radius 3 is 2.63 bits per heavy atom. The van der Waals surface area contributed by atoms with E-state index in [1.165, 1.54) is 5.38 Å². The van der Waals surface area contributed by atoms with Crippen molar-refractivity contribution in [1.29, 1.82) is 0 Å². The molecule has 0 unspecified atom stereocenters. The van der Waals surface area contributed by atoms with Crippen molar-refractivity contribution in [3.05, 3.63) is 46.8 Å². The molecule has 2 rings (SSSR count). The van der Waals surface area contributed by atoms with Gasteiger partial charge in [-0.2, -0.15) is 0 Å². The Morgan fingerprint density at radius 1 is 1.32 bits per heavy atom. The van der Waals surface area contributed by atoms with Crippen molar-refractivity contribution >= 4 is 33.0 Å². The molecule has 5 nitrogen and oxygen atoms in total. The van der Waals surface area contributed by atoms with Crippen molar-refractivity contribution in [2.45, 2.75) is 11.1 Å². The van der Waals surface area contributed by atoms with E-state index >= 15 is 0 Å². The van der Waals surface area contributed by atoms with Gasteiger partial charge in [0.2, 0.25) is 0 Å². The molecule has 2 N–H and O–H groups in total. The van der Waals surface area contributed by atoms with Gasteiger partial charge < -0.3 is 5.11 Å². The van der Waals surface area contributed by atoms with Gasteiger partial charge in [-0.1, -0.05) is 12.1 Å². The average Bonchev–Trinajstić information content (AvgIpc) is 2.78. The Morgan fingerprint density at radius 2 is 2.05 bits per heavy atom. The molecule has 1 aromatic carbocycles.